The van der Waals surface area contributed by atoms with Gasteiger partial charge in [-0.15, -0.1) is 0 Å². The summed E-state index contributed by atoms with van der Waals surface area (Å²) in [7, 11) is 9.57. The second kappa shape index (κ2) is 9.97. The fourth-order valence-corrected chi connectivity index (χ4v) is 3.04. The van der Waals surface area contributed by atoms with Crippen LogP contribution in [0.5, 0.6) is 5.75 Å². The van der Waals surface area contributed by atoms with E-state index in [0.29, 0.717) is 0 Å². The van der Waals surface area contributed by atoms with Crippen molar-refractivity contribution in [2.75, 3.05) is 41.3 Å². The molecule has 0 spiro atoms. The second-order valence-corrected chi connectivity index (χ2v) is 6.87. The summed E-state index contributed by atoms with van der Waals surface area (Å²) in [5.41, 5.74) is 3.61. The molecule has 1 unspecified atom stereocenters. The maximum Gasteiger partial charge on any atom is 0.191 e. The number of aliphatic imine (C=N–C) groups is 1. The second-order valence-electron chi connectivity index (χ2n) is 6.87. The van der Waals surface area contributed by atoms with Crippen LogP contribution in [0.1, 0.15) is 22.7 Å². The SMILES string of the molecule is CN=C(NCCc1cc(C)ccc1OC)NCC(c1cnn(C)c1)N(C)C. The van der Waals surface area contributed by atoms with Crippen molar-refractivity contribution in [3.63, 3.8) is 0 Å². The first kappa shape index (κ1) is 20.8. The van der Waals surface area contributed by atoms with Gasteiger partial charge >= 0.3 is 0 Å². The fourth-order valence-electron chi connectivity index (χ4n) is 3.04. The molecule has 1 aromatic heterocycles. The van der Waals surface area contributed by atoms with Crippen LogP contribution in [0.15, 0.2) is 35.6 Å². The quantitative estimate of drug-likeness (QED) is 0.546. The van der Waals surface area contributed by atoms with E-state index < -0.39 is 0 Å². The summed E-state index contributed by atoms with van der Waals surface area (Å²) >= 11 is 0. The molecule has 2 aromatic rings. The largest absolute Gasteiger partial charge is 0.496 e. The Morgan fingerprint density at radius 2 is 2.11 bits per heavy atom. The maximum absolute atomic E-state index is 5.45. The third kappa shape index (κ3) is 5.99. The maximum atomic E-state index is 5.45. The van der Waals surface area contributed by atoms with Crippen LogP contribution >= 0.6 is 0 Å². The van der Waals surface area contributed by atoms with Gasteiger partial charge in [-0.3, -0.25) is 9.67 Å². The third-order valence-corrected chi connectivity index (χ3v) is 4.54. The molecule has 1 aromatic carbocycles. The summed E-state index contributed by atoms with van der Waals surface area (Å²) in [5.74, 6) is 1.71. The van der Waals surface area contributed by atoms with Crippen LogP contribution in [0.4, 0.5) is 0 Å². The van der Waals surface area contributed by atoms with Crippen molar-refractivity contribution in [3.8, 4) is 5.75 Å². The lowest BCUT2D eigenvalue weighted by Gasteiger charge is -2.24. The summed E-state index contributed by atoms with van der Waals surface area (Å²) in [6.07, 6.45) is 4.82. The summed E-state index contributed by atoms with van der Waals surface area (Å²) in [4.78, 5) is 6.51. The zero-order valence-electron chi connectivity index (χ0n) is 17.3. The molecule has 2 rings (SSSR count). The van der Waals surface area contributed by atoms with E-state index in [9.17, 15) is 0 Å². The fraction of sp³-hybridized carbons (Fsp3) is 0.500. The molecule has 2 N–H and O–H groups in total. The number of methoxy groups -OCH3 is 1. The molecular formula is C20H32N6O. The molecule has 0 bridgehead atoms. The molecule has 1 heterocycles. The Balaban J connectivity index is 1.89. The summed E-state index contributed by atoms with van der Waals surface area (Å²) in [6.45, 7) is 3.61. The number of rotatable bonds is 8. The highest BCUT2D eigenvalue weighted by Gasteiger charge is 2.16. The van der Waals surface area contributed by atoms with Crippen LogP contribution < -0.4 is 15.4 Å². The lowest BCUT2D eigenvalue weighted by Crippen LogP contribution is -2.42. The molecule has 0 aliphatic rings. The highest BCUT2D eigenvalue weighted by molar-refractivity contribution is 5.79. The number of aromatic nitrogens is 2. The molecule has 0 fully saturated rings. The number of nitrogens with zero attached hydrogens (tertiary/aromatic N) is 4. The predicted octanol–water partition coefficient (Wildman–Crippen LogP) is 1.75. The van der Waals surface area contributed by atoms with E-state index in [1.165, 1.54) is 16.7 Å². The highest BCUT2D eigenvalue weighted by Crippen LogP contribution is 2.20. The van der Waals surface area contributed by atoms with Gasteiger partial charge in [0.05, 0.1) is 19.3 Å². The Bertz CT molecular complexity index is 753. The highest BCUT2D eigenvalue weighted by atomic mass is 16.5. The average Bonchev–Trinajstić information content (AvgIpc) is 3.06. The minimum absolute atomic E-state index is 0.217. The van der Waals surface area contributed by atoms with Crippen LogP contribution in [0.25, 0.3) is 0 Å². The van der Waals surface area contributed by atoms with Crippen molar-refractivity contribution in [3.05, 3.63) is 47.3 Å². The molecule has 0 amide bonds. The van der Waals surface area contributed by atoms with Crippen LogP contribution in [-0.4, -0.2) is 62.0 Å². The van der Waals surface area contributed by atoms with Crippen molar-refractivity contribution >= 4 is 5.96 Å². The average molecular weight is 373 g/mol. The summed E-state index contributed by atoms with van der Waals surface area (Å²) < 4.78 is 7.28. The number of aryl methyl sites for hydroxylation is 2. The van der Waals surface area contributed by atoms with Gasteiger partial charge in [-0.25, -0.2) is 0 Å². The van der Waals surface area contributed by atoms with Crippen LogP contribution in [-0.2, 0) is 13.5 Å². The van der Waals surface area contributed by atoms with Gasteiger partial charge in [0.2, 0.25) is 0 Å². The summed E-state index contributed by atoms with van der Waals surface area (Å²) in [6, 6.07) is 6.47. The Kier molecular flexibility index (Phi) is 7.67. The molecule has 7 heteroatoms. The van der Waals surface area contributed by atoms with Gasteiger partial charge in [-0.05, 0) is 39.1 Å². The number of likely N-dealkylation sites (N-methyl/N-ethyl adjacent to an activating group) is 1. The van der Waals surface area contributed by atoms with Crippen LogP contribution in [0.2, 0.25) is 0 Å². The van der Waals surface area contributed by atoms with Crippen LogP contribution in [0.3, 0.4) is 0 Å². The van der Waals surface area contributed by atoms with E-state index in [2.05, 4.69) is 58.8 Å². The van der Waals surface area contributed by atoms with E-state index in [4.69, 9.17) is 4.74 Å². The van der Waals surface area contributed by atoms with E-state index in [1.807, 2.05) is 30.2 Å². The number of ether oxygens (including phenoxy) is 1. The van der Waals surface area contributed by atoms with Crippen molar-refractivity contribution in [2.45, 2.75) is 19.4 Å². The topological polar surface area (TPSA) is 66.7 Å². The van der Waals surface area contributed by atoms with Gasteiger partial charge in [0, 0.05) is 38.9 Å². The number of hydrogen-bond acceptors (Lipinski definition) is 4. The van der Waals surface area contributed by atoms with Gasteiger partial charge in [0.15, 0.2) is 5.96 Å². The monoisotopic (exact) mass is 372 g/mol. The van der Waals surface area contributed by atoms with E-state index in [0.717, 1.165) is 31.2 Å². The van der Waals surface area contributed by atoms with E-state index >= 15 is 0 Å². The molecular weight excluding hydrogens is 340 g/mol. The smallest absolute Gasteiger partial charge is 0.191 e. The Hall–Kier alpha value is -2.54. The standard InChI is InChI=1S/C20H32N6O/c1-15-7-8-19(27-6)16(11-15)9-10-22-20(21-2)23-13-18(25(3)4)17-12-24-26(5)14-17/h7-8,11-12,14,18H,9-10,13H2,1-6H3,(H2,21,22,23). The van der Waals surface area contributed by atoms with Gasteiger partial charge in [0.1, 0.15) is 5.75 Å². The molecule has 0 saturated heterocycles. The first-order valence-corrected chi connectivity index (χ1v) is 9.17. The van der Waals surface area contributed by atoms with Crippen LogP contribution in [0, 0.1) is 6.92 Å². The first-order chi connectivity index (χ1) is 12.9. The van der Waals surface area contributed by atoms with Crippen molar-refractivity contribution in [2.24, 2.45) is 12.0 Å². The lowest BCUT2D eigenvalue weighted by atomic mass is 10.1. The minimum atomic E-state index is 0.217. The molecule has 7 nitrogen and oxygen atoms in total. The normalized spacial score (nSPS) is 12.9. The molecule has 0 radical (unpaired) electrons. The van der Waals surface area contributed by atoms with Gasteiger partial charge in [-0.1, -0.05) is 17.7 Å². The number of benzene rings is 1. The van der Waals surface area contributed by atoms with E-state index in [1.54, 1.807) is 14.2 Å². The minimum Gasteiger partial charge on any atom is -0.496 e. The van der Waals surface area contributed by atoms with Crippen molar-refractivity contribution < 1.29 is 4.74 Å². The zero-order chi connectivity index (χ0) is 19.8. The first-order valence-electron chi connectivity index (χ1n) is 9.17. The molecule has 0 aliphatic carbocycles. The van der Waals surface area contributed by atoms with Crippen molar-refractivity contribution in [1.29, 1.82) is 0 Å². The molecule has 1 atom stereocenters. The molecule has 0 aliphatic heterocycles. The zero-order valence-corrected chi connectivity index (χ0v) is 17.3. The molecule has 0 saturated carbocycles. The Morgan fingerprint density at radius 1 is 1.33 bits per heavy atom. The Morgan fingerprint density at radius 3 is 2.70 bits per heavy atom. The van der Waals surface area contributed by atoms with Gasteiger partial charge in [0.25, 0.3) is 0 Å². The van der Waals surface area contributed by atoms with E-state index in [-0.39, 0.29) is 6.04 Å². The number of guanidine groups is 1. The molecule has 27 heavy (non-hydrogen) atoms. The van der Waals surface area contributed by atoms with Crippen molar-refractivity contribution in [1.82, 2.24) is 25.3 Å². The number of hydrogen-bond donors (Lipinski definition) is 2. The third-order valence-electron chi connectivity index (χ3n) is 4.54. The predicted molar refractivity (Wildman–Crippen MR) is 110 cm³/mol. The lowest BCUT2D eigenvalue weighted by molar-refractivity contribution is 0.298. The Labute approximate surface area is 162 Å². The van der Waals surface area contributed by atoms with Gasteiger partial charge in [-0.2, -0.15) is 5.10 Å². The van der Waals surface area contributed by atoms with Gasteiger partial charge < -0.3 is 20.3 Å². The molecule has 148 valence electrons. The number of nitrogens with one attached hydrogen (secondary N) is 2. The summed E-state index contributed by atoms with van der Waals surface area (Å²) in [5, 5.41) is 11.1.